The van der Waals surface area contributed by atoms with E-state index in [0.29, 0.717) is 23.3 Å². The number of amides is 1. The third kappa shape index (κ3) is 3.72. The highest BCUT2D eigenvalue weighted by Gasteiger charge is 2.27. The van der Waals surface area contributed by atoms with Crippen LogP contribution in [0.25, 0.3) is 0 Å². The third-order valence-electron chi connectivity index (χ3n) is 4.37. The van der Waals surface area contributed by atoms with Gasteiger partial charge in [-0.1, -0.05) is 35.9 Å². The van der Waals surface area contributed by atoms with Crippen molar-refractivity contribution in [3.8, 4) is 0 Å². The van der Waals surface area contributed by atoms with E-state index in [4.69, 9.17) is 11.6 Å². The number of nitrogens with zero attached hydrogens (tertiary/aromatic N) is 4. The van der Waals surface area contributed by atoms with E-state index in [2.05, 4.69) is 17.2 Å². The highest BCUT2D eigenvalue weighted by atomic mass is 35.5. The number of likely N-dealkylation sites (tertiary alicyclic amines) is 1. The molecule has 0 aliphatic carbocycles. The predicted molar refractivity (Wildman–Crippen MR) is 89.5 cm³/mol. The SMILES string of the molecule is CCC1CCCCN1C(=O)c1cn(Cc2ccc(Cl)cc2)nn1. The topological polar surface area (TPSA) is 51.0 Å². The van der Waals surface area contributed by atoms with E-state index < -0.39 is 0 Å². The summed E-state index contributed by atoms with van der Waals surface area (Å²) < 4.78 is 1.70. The standard InChI is InChI=1S/C17H21ClN4O/c1-2-15-5-3-4-10-22(15)17(23)16-12-21(20-19-16)11-13-6-8-14(18)9-7-13/h6-9,12,15H,2-5,10-11H2,1H3. The second-order valence-corrected chi connectivity index (χ2v) is 6.42. The van der Waals surface area contributed by atoms with Gasteiger partial charge in [-0.15, -0.1) is 5.10 Å². The van der Waals surface area contributed by atoms with Gasteiger partial charge < -0.3 is 4.90 Å². The van der Waals surface area contributed by atoms with Crippen molar-refractivity contribution in [3.63, 3.8) is 0 Å². The summed E-state index contributed by atoms with van der Waals surface area (Å²) in [4.78, 5) is 14.6. The molecule has 0 bridgehead atoms. The second-order valence-electron chi connectivity index (χ2n) is 5.98. The van der Waals surface area contributed by atoms with Crippen LogP contribution in [0.4, 0.5) is 0 Å². The summed E-state index contributed by atoms with van der Waals surface area (Å²) in [5, 5.41) is 8.86. The molecule has 0 N–H and O–H groups in total. The van der Waals surface area contributed by atoms with E-state index in [-0.39, 0.29) is 5.91 Å². The number of piperidine rings is 1. The molecule has 6 heteroatoms. The molecule has 1 aliphatic rings. The van der Waals surface area contributed by atoms with E-state index in [0.717, 1.165) is 31.4 Å². The van der Waals surface area contributed by atoms with Gasteiger partial charge in [0.25, 0.3) is 5.91 Å². The molecular weight excluding hydrogens is 312 g/mol. The van der Waals surface area contributed by atoms with Crippen molar-refractivity contribution in [1.82, 2.24) is 19.9 Å². The lowest BCUT2D eigenvalue weighted by atomic mass is 10.00. The molecule has 1 amide bonds. The van der Waals surface area contributed by atoms with Crippen molar-refractivity contribution in [2.75, 3.05) is 6.54 Å². The zero-order valence-electron chi connectivity index (χ0n) is 13.3. The van der Waals surface area contributed by atoms with Gasteiger partial charge in [-0.3, -0.25) is 4.79 Å². The van der Waals surface area contributed by atoms with Crippen LogP contribution in [0, 0.1) is 0 Å². The molecule has 2 heterocycles. The van der Waals surface area contributed by atoms with Crippen LogP contribution in [0.3, 0.4) is 0 Å². The van der Waals surface area contributed by atoms with Gasteiger partial charge in [0.2, 0.25) is 0 Å². The van der Waals surface area contributed by atoms with Gasteiger partial charge >= 0.3 is 0 Å². The summed E-state index contributed by atoms with van der Waals surface area (Å²) in [5.74, 6) is -0.00101. The predicted octanol–water partition coefficient (Wildman–Crippen LogP) is 3.38. The van der Waals surface area contributed by atoms with E-state index >= 15 is 0 Å². The minimum atomic E-state index is -0.00101. The number of rotatable bonds is 4. The molecule has 0 saturated carbocycles. The summed E-state index contributed by atoms with van der Waals surface area (Å²) in [6.07, 6.45) is 6.08. The molecule has 0 spiro atoms. The van der Waals surface area contributed by atoms with Gasteiger partial charge in [0.1, 0.15) is 0 Å². The number of aromatic nitrogens is 3. The molecule has 1 fully saturated rings. The van der Waals surface area contributed by atoms with Gasteiger partial charge in [-0.2, -0.15) is 0 Å². The molecule has 1 unspecified atom stereocenters. The lowest BCUT2D eigenvalue weighted by molar-refractivity contribution is 0.0602. The van der Waals surface area contributed by atoms with Gasteiger partial charge in [0, 0.05) is 17.6 Å². The first kappa shape index (κ1) is 16.0. The van der Waals surface area contributed by atoms with Crippen molar-refractivity contribution in [1.29, 1.82) is 0 Å². The van der Waals surface area contributed by atoms with Gasteiger partial charge in [0.15, 0.2) is 5.69 Å². The Kier molecular flexibility index (Phi) is 4.96. The van der Waals surface area contributed by atoms with Crippen molar-refractivity contribution < 1.29 is 4.79 Å². The number of hydrogen-bond acceptors (Lipinski definition) is 3. The molecule has 3 rings (SSSR count). The maximum atomic E-state index is 12.7. The molecule has 2 aromatic rings. The Morgan fingerprint density at radius 1 is 1.30 bits per heavy atom. The molecule has 1 aromatic carbocycles. The fraction of sp³-hybridized carbons (Fsp3) is 0.471. The van der Waals surface area contributed by atoms with Crippen LogP contribution in [0.5, 0.6) is 0 Å². The minimum absolute atomic E-state index is 0.00101. The smallest absolute Gasteiger partial charge is 0.276 e. The average Bonchev–Trinajstić information content (AvgIpc) is 3.05. The Hall–Kier alpha value is -1.88. The van der Waals surface area contributed by atoms with Crippen molar-refractivity contribution in [3.05, 3.63) is 46.7 Å². The fourth-order valence-electron chi connectivity index (χ4n) is 3.09. The monoisotopic (exact) mass is 332 g/mol. The Balaban J connectivity index is 1.70. The lowest BCUT2D eigenvalue weighted by Crippen LogP contribution is -2.43. The zero-order valence-corrected chi connectivity index (χ0v) is 14.0. The Morgan fingerprint density at radius 2 is 2.09 bits per heavy atom. The number of hydrogen-bond donors (Lipinski definition) is 0. The van der Waals surface area contributed by atoms with Crippen LogP contribution in [-0.2, 0) is 6.54 Å². The summed E-state index contributed by atoms with van der Waals surface area (Å²) in [6, 6.07) is 7.92. The van der Waals surface area contributed by atoms with Crippen LogP contribution in [0.15, 0.2) is 30.5 Å². The molecule has 0 radical (unpaired) electrons. The first-order chi connectivity index (χ1) is 11.2. The lowest BCUT2D eigenvalue weighted by Gasteiger charge is -2.34. The number of carbonyl (C=O) groups is 1. The normalized spacial score (nSPS) is 18.2. The second kappa shape index (κ2) is 7.13. The highest BCUT2D eigenvalue weighted by molar-refractivity contribution is 6.30. The first-order valence-corrected chi connectivity index (χ1v) is 8.50. The molecule has 1 atom stereocenters. The molecule has 1 aromatic heterocycles. The van der Waals surface area contributed by atoms with Crippen molar-refractivity contribution in [2.24, 2.45) is 0 Å². The number of benzene rings is 1. The Bertz CT molecular complexity index is 667. The van der Waals surface area contributed by atoms with E-state index in [1.807, 2.05) is 29.2 Å². The van der Waals surface area contributed by atoms with Gasteiger partial charge in [-0.25, -0.2) is 4.68 Å². The third-order valence-corrected chi connectivity index (χ3v) is 4.63. The van der Waals surface area contributed by atoms with Gasteiger partial charge in [-0.05, 0) is 43.4 Å². The number of halogens is 1. The average molecular weight is 333 g/mol. The quantitative estimate of drug-likeness (QED) is 0.862. The molecular formula is C17H21ClN4O. The molecule has 122 valence electrons. The molecule has 5 nitrogen and oxygen atoms in total. The van der Waals surface area contributed by atoms with E-state index in [1.165, 1.54) is 6.42 Å². The Labute approximate surface area is 141 Å². The van der Waals surface area contributed by atoms with Crippen LogP contribution in [0.1, 0.15) is 48.7 Å². The largest absolute Gasteiger partial charge is 0.334 e. The number of carbonyl (C=O) groups excluding carboxylic acids is 1. The maximum absolute atomic E-state index is 12.7. The van der Waals surface area contributed by atoms with Gasteiger partial charge in [0.05, 0.1) is 12.7 Å². The highest BCUT2D eigenvalue weighted by Crippen LogP contribution is 2.21. The minimum Gasteiger partial charge on any atom is -0.334 e. The van der Waals surface area contributed by atoms with Crippen molar-refractivity contribution in [2.45, 2.75) is 45.2 Å². The van der Waals surface area contributed by atoms with Crippen LogP contribution >= 0.6 is 11.6 Å². The van der Waals surface area contributed by atoms with E-state index in [1.54, 1.807) is 10.9 Å². The van der Waals surface area contributed by atoms with Crippen LogP contribution in [-0.4, -0.2) is 38.4 Å². The van der Waals surface area contributed by atoms with Crippen LogP contribution < -0.4 is 0 Å². The maximum Gasteiger partial charge on any atom is 0.276 e. The van der Waals surface area contributed by atoms with Crippen LogP contribution in [0.2, 0.25) is 5.02 Å². The summed E-state index contributed by atoms with van der Waals surface area (Å²) in [5.41, 5.74) is 1.50. The fourth-order valence-corrected chi connectivity index (χ4v) is 3.22. The molecule has 1 aliphatic heterocycles. The van der Waals surface area contributed by atoms with Crippen molar-refractivity contribution >= 4 is 17.5 Å². The molecule has 1 saturated heterocycles. The summed E-state index contributed by atoms with van der Waals surface area (Å²) in [6.45, 7) is 3.53. The zero-order chi connectivity index (χ0) is 16.2. The van der Waals surface area contributed by atoms with E-state index in [9.17, 15) is 4.79 Å². The molecule has 23 heavy (non-hydrogen) atoms. The first-order valence-electron chi connectivity index (χ1n) is 8.13. The summed E-state index contributed by atoms with van der Waals surface area (Å²) >= 11 is 5.89. The Morgan fingerprint density at radius 3 is 2.83 bits per heavy atom. The summed E-state index contributed by atoms with van der Waals surface area (Å²) in [7, 11) is 0.